The maximum atomic E-state index is 6.40. The number of rotatable bonds is 13. The first-order valence-electron chi connectivity index (χ1n) is 18.6. The third kappa shape index (κ3) is 9.41. The van der Waals surface area contributed by atoms with E-state index >= 15 is 0 Å². The molecule has 0 radical (unpaired) electrons. The summed E-state index contributed by atoms with van der Waals surface area (Å²) in [5.41, 5.74) is 19.7. The lowest BCUT2D eigenvalue weighted by atomic mass is 10.1. The van der Waals surface area contributed by atoms with Crippen LogP contribution in [0.15, 0.2) is 143 Å². The number of benzene rings is 2. The van der Waals surface area contributed by atoms with Crippen LogP contribution in [0.2, 0.25) is 0 Å². The van der Waals surface area contributed by atoms with Gasteiger partial charge in [0.2, 0.25) is 0 Å². The maximum Gasteiger partial charge on any atom is 0.162 e. The molecule has 12 nitrogen and oxygen atoms in total. The van der Waals surface area contributed by atoms with Gasteiger partial charge in [0, 0.05) is 84.2 Å². The quantitative estimate of drug-likeness (QED) is 0.0877. The summed E-state index contributed by atoms with van der Waals surface area (Å²) in [5, 5.41) is 15.4. The van der Waals surface area contributed by atoms with E-state index in [4.69, 9.17) is 31.4 Å². The van der Waals surface area contributed by atoms with Gasteiger partial charge in [-0.15, -0.1) is 22.7 Å². The number of nitrogens with zero attached hydrogens (tertiary/aromatic N) is 8. The molecule has 0 saturated heterocycles. The van der Waals surface area contributed by atoms with Gasteiger partial charge in [-0.2, -0.15) is 5.10 Å². The molecule has 0 aliphatic heterocycles. The highest BCUT2D eigenvalue weighted by Gasteiger charge is 2.18. The number of pyridine rings is 2. The molecule has 0 aliphatic rings. The summed E-state index contributed by atoms with van der Waals surface area (Å²) in [6, 6.07) is 30.0. The summed E-state index contributed by atoms with van der Waals surface area (Å²) in [4.78, 5) is 27.3. The fourth-order valence-electron chi connectivity index (χ4n) is 6.30. The van der Waals surface area contributed by atoms with Gasteiger partial charge in [-0.25, -0.2) is 24.6 Å². The number of hydrogen-bond donors (Lipinski definition) is 4. The fraction of sp³-hybridized carbons (Fsp3) is 0.140. The Bertz CT molecular complexity index is 2680. The maximum absolute atomic E-state index is 6.40. The molecule has 9 aromatic rings. The van der Waals surface area contributed by atoms with Crippen LogP contribution in [0, 0.1) is 0 Å². The predicted molar refractivity (Wildman–Crippen MR) is 239 cm³/mol. The van der Waals surface area contributed by atoms with Gasteiger partial charge < -0.3 is 22.1 Å². The number of nitrogens with two attached hydrogens (primary N) is 2. The Morgan fingerprint density at radius 1 is 0.586 bits per heavy atom. The third-order valence-electron chi connectivity index (χ3n) is 9.14. The van der Waals surface area contributed by atoms with E-state index in [1.807, 2.05) is 83.0 Å². The van der Waals surface area contributed by atoms with Gasteiger partial charge in [-0.3, -0.25) is 9.97 Å². The second-order valence-electron chi connectivity index (χ2n) is 13.4. The molecule has 9 rings (SSSR count). The zero-order chi connectivity index (χ0) is 39.7. The van der Waals surface area contributed by atoms with Crippen molar-refractivity contribution in [3.05, 3.63) is 155 Å². The molecule has 0 fully saturated rings. The van der Waals surface area contributed by atoms with Crippen LogP contribution in [-0.4, -0.2) is 64.9 Å². The van der Waals surface area contributed by atoms with Crippen LogP contribution >= 0.6 is 38.6 Å². The smallest absolute Gasteiger partial charge is 0.162 e. The van der Waals surface area contributed by atoms with Gasteiger partial charge in [0.1, 0.15) is 28.4 Å². The van der Waals surface area contributed by atoms with Crippen molar-refractivity contribution in [2.75, 3.05) is 23.7 Å². The molecule has 2 aromatic carbocycles. The minimum atomic E-state index is -0.0395. The Balaban J connectivity index is 0.000000164. The number of anilines is 2. The van der Waals surface area contributed by atoms with E-state index in [2.05, 4.69) is 71.3 Å². The first-order chi connectivity index (χ1) is 28.5. The fourth-order valence-corrected chi connectivity index (χ4v) is 8.77. The van der Waals surface area contributed by atoms with Crippen LogP contribution in [0.25, 0.3) is 48.9 Å². The first-order valence-corrected chi connectivity index (χ1v) is 21.1. The van der Waals surface area contributed by atoms with Crippen LogP contribution in [0.5, 0.6) is 0 Å². The molecule has 15 heteroatoms. The summed E-state index contributed by atoms with van der Waals surface area (Å²) in [7, 11) is 0. The van der Waals surface area contributed by atoms with Crippen molar-refractivity contribution >= 4 is 70.7 Å². The van der Waals surface area contributed by atoms with E-state index in [1.165, 1.54) is 11.1 Å². The summed E-state index contributed by atoms with van der Waals surface area (Å²) >= 11 is 6.80. The van der Waals surface area contributed by atoms with Crippen LogP contribution in [0.3, 0.4) is 0 Å². The van der Waals surface area contributed by atoms with Crippen molar-refractivity contribution in [3.8, 4) is 28.5 Å². The molecule has 0 unspecified atom stereocenters. The zero-order valence-corrected chi connectivity index (χ0v) is 34.4. The molecular weight excluding hydrogens is 829 g/mol. The Hall–Kier alpha value is -5.97. The number of thiophene rings is 2. The average molecular weight is 868 g/mol. The van der Waals surface area contributed by atoms with Crippen molar-refractivity contribution in [1.82, 2.24) is 39.7 Å². The Morgan fingerprint density at radius 3 is 1.60 bits per heavy atom. The minimum absolute atomic E-state index is 0.00908. The molecule has 6 N–H and O–H groups in total. The summed E-state index contributed by atoms with van der Waals surface area (Å²) in [6.07, 6.45) is 12.3. The van der Waals surface area contributed by atoms with E-state index in [-0.39, 0.29) is 12.1 Å². The Morgan fingerprint density at radius 2 is 1.09 bits per heavy atom. The van der Waals surface area contributed by atoms with Crippen molar-refractivity contribution in [1.29, 1.82) is 0 Å². The van der Waals surface area contributed by atoms with Crippen molar-refractivity contribution in [3.63, 3.8) is 0 Å². The van der Waals surface area contributed by atoms with E-state index in [9.17, 15) is 0 Å². The average Bonchev–Trinajstić information content (AvgIpc) is 4.04. The molecule has 7 aromatic heterocycles. The summed E-state index contributed by atoms with van der Waals surface area (Å²) < 4.78 is 4.80. The minimum Gasteiger partial charge on any atom is -0.367 e. The SMILES string of the molecule is N[C@H](CNc1nc(-c2ccncc2)nc2c(-n3cccn3)csc12)Cc1ccccc1.N[C@H](CNc1nc(-c2ccncc2)nc2c(Br)csc12)Cc1ccccc1. The molecule has 0 saturated carbocycles. The predicted octanol–water partition coefficient (Wildman–Crippen LogP) is 8.42. The van der Waals surface area contributed by atoms with Gasteiger partial charge >= 0.3 is 0 Å². The molecule has 58 heavy (non-hydrogen) atoms. The normalized spacial score (nSPS) is 12.2. The second kappa shape index (κ2) is 18.5. The standard InChI is InChI=1S/C23H21N7S.C20H18BrN5S/c24-18(13-16-5-2-1-3-6-16)14-26-23-21-20(19(15-31-21)30-12-4-9-27-30)28-22(29-23)17-7-10-25-11-8-17;21-16-12-27-18-17(16)25-19(14-6-8-23-9-7-14)26-20(18)24-11-15(22)10-13-4-2-1-3-5-13/h1-12,15,18H,13-14,24H2,(H,26,28,29);1-9,12,15H,10-11,22H2,(H,24,25,26)/t18-;15-/m00/s1. The highest BCUT2D eigenvalue weighted by atomic mass is 79.9. The number of hydrogen-bond acceptors (Lipinski definition) is 13. The third-order valence-corrected chi connectivity index (χ3v) is 12.0. The van der Waals surface area contributed by atoms with Crippen molar-refractivity contribution < 1.29 is 0 Å². The molecular formula is C43H39BrN12S2. The van der Waals surface area contributed by atoms with E-state index in [0.717, 1.165) is 66.2 Å². The number of nitrogens with one attached hydrogen (secondary N) is 2. The van der Waals surface area contributed by atoms with Crippen LogP contribution in [0.4, 0.5) is 11.6 Å². The number of halogens is 1. The zero-order valence-electron chi connectivity index (χ0n) is 31.2. The lowest BCUT2D eigenvalue weighted by Gasteiger charge is -2.14. The van der Waals surface area contributed by atoms with Gasteiger partial charge in [0.15, 0.2) is 11.6 Å². The van der Waals surface area contributed by atoms with Gasteiger partial charge in [0.25, 0.3) is 0 Å². The van der Waals surface area contributed by atoms with Crippen LogP contribution in [-0.2, 0) is 12.8 Å². The highest BCUT2D eigenvalue weighted by Crippen LogP contribution is 2.36. The topological polar surface area (TPSA) is 171 Å². The van der Waals surface area contributed by atoms with E-state index < -0.39 is 0 Å². The molecule has 2 atom stereocenters. The molecule has 7 heterocycles. The Kier molecular flexibility index (Phi) is 12.4. The molecule has 0 bridgehead atoms. The van der Waals surface area contributed by atoms with Crippen LogP contribution in [0.1, 0.15) is 11.1 Å². The number of aromatic nitrogens is 8. The van der Waals surface area contributed by atoms with Crippen molar-refractivity contribution in [2.24, 2.45) is 11.5 Å². The van der Waals surface area contributed by atoms with Crippen LogP contribution < -0.4 is 22.1 Å². The number of fused-ring (bicyclic) bond motifs is 2. The van der Waals surface area contributed by atoms with E-state index in [0.29, 0.717) is 24.7 Å². The lowest BCUT2D eigenvalue weighted by molar-refractivity contribution is 0.698. The van der Waals surface area contributed by atoms with Gasteiger partial charge in [-0.1, -0.05) is 60.7 Å². The molecule has 0 aliphatic carbocycles. The summed E-state index contributed by atoms with van der Waals surface area (Å²) in [5.74, 6) is 2.90. The summed E-state index contributed by atoms with van der Waals surface area (Å²) in [6.45, 7) is 1.23. The monoisotopic (exact) mass is 866 g/mol. The molecule has 0 amide bonds. The van der Waals surface area contributed by atoms with Gasteiger partial charge in [-0.05, 0) is 70.2 Å². The Labute approximate surface area is 351 Å². The highest BCUT2D eigenvalue weighted by molar-refractivity contribution is 9.10. The molecule has 0 spiro atoms. The molecule has 290 valence electrons. The first kappa shape index (κ1) is 38.9. The van der Waals surface area contributed by atoms with Crippen molar-refractivity contribution in [2.45, 2.75) is 24.9 Å². The van der Waals surface area contributed by atoms with Gasteiger partial charge in [0.05, 0.1) is 13.9 Å². The van der Waals surface area contributed by atoms with E-state index in [1.54, 1.807) is 53.7 Å². The second-order valence-corrected chi connectivity index (χ2v) is 16.0. The largest absolute Gasteiger partial charge is 0.367 e. The lowest BCUT2D eigenvalue weighted by Crippen LogP contribution is -2.31.